The van der Waals surface area contributed by atoms with Crippen LogP contribution in [0, 0.1) is 0 Å². The fourth-order valence-corrected chi connectivity index (χ4v) is 5.67. The van der Waals surface area contributed by atoms with Crippen molar-refractivity contribution in [2.45, 2.75) is 63.5 Å². The van der Waals surface area contributed by atoms with Gasteiger partial charge in [0.05, 0.1) is 37.2 Å². The molecule has 34 heavy (non-hydrogen) atoms. The molecule has 0 radical (unpaired) electrons. The third-order valence-electron chi connectivity index (χ3n) is 7.36. The number of fused-ring (bicyclic) bond motifs is 3. The lowest BCUT2D eigenvalue weighted by Gasteiger charge is -2.28. The predicted octanol–water partition coefficient (Wildman–Crippen LogP) is 5.27. The van der Waals surface area contributed by atoms with Gasteiger partial charge in [0.15, 0.2) is 0 Å². The molecule has 1 N–H and O–H groups in total. The van der Waals surface area contributed by atoms with Gasteiger partial charge >= 0.3 is 12.1 Å². The Hall–Kier alpha value is -3.35. The van der Waals surface area contributed by atoms with E-state index in [-0.39, 0.29) is 18.6 Å². The largest absolute Gasteiger partial charge is 0.481 e. The molecule has 0 bridgehead atoms. The SMILES string of the molecule is COC(=O)N1CCc2ccc3c(nc(C4CCCCC4)n3[C@H](CC(=O)O)c3ccccc3)c2C1. The molecule has 7 heteroatoms. The van der Waals surface area contributed by atoms with Crippen molar-refractivity contribution in [3.8, 4) is 0 Å². The van der Waals surface area contributed by atoms with Gasteiger partial charge in [-0.05, 0) is 36.5 Å². The molecule has 1 aliphatic heterocycles. The molecule has 178 valence electrons. The van der Waals surface area contributed by atoms with Gasteiger partial charge in [0.2, 0.25) is 0 Å². The van der Waals surface area contributed by atoms with Crippen molar-refractivity contribution in [3.05, 3.63) is 65.0 Å². The highest BCUT2D eigenvalue weighted by Crippen LogP contribution is 2.39. The maximum atomic E-state index is 12.3. The van der Waals surface area contributed by atoms with Gasteiger partial charge in [0.25, 0.3) is 0 Å². The van der Waals surface area contributed by atoms with Crippen LogP contribution in [-0.4, -0.2) is 45.3 Å². The summed E-state index contributed by atoms with van der Waals surface area (Å²) in [5.41, 5.74) is 5.04. The van der Waals surface area contributed by atoms with Gasteiger partial charge in [-0.2, -0.15) is 0 Å². The molecule has 1 saturated carbocycles. The molecular formula is C27H31N3O4. The monoisotopic (exact) mass is 461 g/mol. The first-order valence-electron chi connectivity index (χ1n) is 12.2. The number of aromatic nitrogens is 2. The van der Waals surface area contributed by atoms with Gasteiger partial charge in [-0.1, -0.05) is 55.7 Å². The fraction of sp³-hybridized carbons (Fsp3) is 0.444. The molecule has 2 aromatic carbocycles. The van der Waals surface area contributed by atoms with Gasteiger partial charge in [0.1, 0.15) is 5.82 Å². The summed E-state index contributed by atoms with van der Waals surface area (Å²) in [5, 5.41) is 9.84. The zero-order chi connectivity index (χ0) is 23.7. The van der Waals surface area contributed by atoms with Crippen LogP contribution in [0.3, 0.4) is 0 Å². The highest BCUT2D eigenvalue weighted by Gasteiger charge is 2.31. The molecule has 2 heterocycles. The van der Waals surface area contributed by atoms with E-state index in [2.05, 4.69) is 16.7 Å². The number of rotatable bonds is 5. The first-order valence-corrected chi connectivity index (χ1v) is 12.2. The number of ether oxygens (including phenoxy) is 1. The molecule has 3 aromatic rings. The number of carbonyl (C=O) groups is 2. The highest BCUT2D eigenvalue weighted by molar-refractivity contribution is 5.83. The number of imidazole rings is 1. The Morgan fingerprint density at radius 3 is 2.59 bits per heavy atom. The molecule has 1 atom stereocenters. The van der Waals surface area contributed by atoms with Gasteiger partial charge in [-0.15, -0.1) is 0 Å². The van der Waals surface area contributed by atoms with Crippen LogP contribution in [0.15, 0.2) is 42.5 Å². The molecule has 1 amide bonds. The van der Waals surface area contributed by atoms with E-state index in [4.69, 9.17) is 9.72 Å². The second-order valence-electron chi connectivity index (χ2n) is 9.41. The number of hydrogen-bond acceptors (Lipinski definition) is 4. The average molecular weight is 462 g/mol. The molecule has 2 aliphatic rings. The summed E-state index contributed by atoms with van der Waals surface area (Å²) in [5.74, 6) is 0.450. The summed E-state index contributed by atoms with van der Waals surface area (Å²) in [4.78, 5) is 31.2. The van der Waals surface area contributed by atoms with E-state index in [1.54, 1.807) is 4.90 Å². The number of aliphatic carboxylic acids is 1. The van der Waals surface area contributed by atoms with Crippen molar-refractivity contribution in [1.82, 2.24) is 14.5 Å². The van der Waals surface area contributed by atoms with E-state index < -0.39 is 5.97 Å². The second-order valence-corrected chi connectivity index (χ2v) is 9.41. The van der Waals surface area contributed by atoms with E-state index >= 15 is 0 Å². The maximum absolute atomic E-state index is 12.3. The highest BCUT2D eigenvalue weighted by atomic mass is 16.5. The summed E-state index contributed by atoms with van der Waals surface area (Å²) >= 11 is 0. The van der Waals surface area contributed by atoms with Gasteiger partial charge in [0, 0.05) is 18.0 Å². The van der Waals surface area contributed by atoms with Crippen LogP contribution in [-0.2, 0) is 22.5 Å². The minimum Gasteiger partial charge on any atom is -0.481 e. The summed E-state index contributed by atoms with van der Waals surface area (Å²) < 4.78 is 7.16. The van der Waals surface area contributed by atoms with E-state index in [0.717, 1.165) is 60.1 Å². The fourth-order valence-electron chi connectivity index (χ4n) is 5.67. The summed E-state index contributed by atoms with van der Waals surface area (Å²) in [6.45, 7) is 1.07. The Morgan fingerprint density at radius 1 is 1.12 bits per heavy atom. The Balaban J connectivity index is 1.70. The third-order valence-corrected chi connectivity index (χ3v) is 7.36. The zero-order valence-electron chi connectivity index (χ0n) is 19.6. The molecular weight excluding hydrogens is 430 g/mol. The number of carbonyl (C=O) groups excluding carboxylic acids is 1. The van der Waals surface area contributed by atoms with Crippen molar-refractivity contribution < 1.29 is 19.4 Å². The second kappa shape index (κ2) is 9.49. The van der Waals surface area contributed by atoms with Crippen LogP contribution < -0.4 is 0 Å². The number of hydrogen-bond donors (Lipinski definition) is 1. The van der Waals surface area contributed by atoms with Gasteiger partial charge in [-0.3, -0.25) is 4.79 Å². The van der Waals surface area contributed by atoms with Crippen LogP contribution in [0.1, 0.15) is 73.0 Å². The Bertz CT molecular complexity index is 1200. The lowest BCUT2D eigenvalue weighted by molar-refractivity contribution is -0.137. The maximum Gasteiger partial charge on any atom is 0.409 e. The molecule has 0 unspecified atom stereocenters. The van der Waals surface area contributed by atoms with Crippen LogP contribution in [0.25, 0.3) is 11.0 Å². The number of amides is 1. The Kier molecular flexibility index (Phi) is 6.26. The molecule has 1 aromatic heterocycles. The first kappa shape index (κ1) is 22.4. The lowest BCUT2D eigenvalue weighted by Crippen LogP contribution is -2.35. The van der Waals surface area contributed by atoms with Crippen LogP contribution in [0.5, 0.6) is 0 Å². The quantitative estimate of drug-likeness (QED) is 0.559. The predicted molar refractivity (Wildman–Crippen MR) is 129 cm³/mol. The van der Waals surface area contributed by atoms with E-state index in [0.29, 0.717) is 19.0 Å². The first-order chi connectivity index (χ1) is 16.6. The number of carboxylic acid groups (broad SMARTS) is 1. The summed E-state index contributed by atoms with van der Waals surface area (Å²) in [6, 6.07) is 13.7. The van der Waals surface area contributed by atoms with Crippen LogP contribution in [0.2, 0.25) is 0 Å². The average Bonchev–Trinajstić information content (AvgIpc) is 3.27. The molecule has 1 fully saturated rings. The molecule has 1 aliphatic carbocycles. The third kappa shape index (κ3) is 4.15. The van der Waals surface area contributed by atoms with Crippen LogP contribution in [0.4, 0.5) is 4.79 Å². The topological polar surface area (TPSA) is 84.7 Å². The minimum atomic E-state index is -0.833. The van der Waals surface area contributed by atoms with Crippen molar-refractivity contribution in [3.63, 3.8) is 0 Å². The van der Waals surface area contributed by atoms with Crippen molar-refractivity contribution in [1.29, 1.82) is 0 Å². The summed E-state index contributed by atoms with van der Waals surface area (Å²) in [6.07, 6.45) is 6.10. The van der Waals surface area contributed by atoms with E-state index in [9.17, 15) is 14.7 Å². The van der Waals surface area contributed by atoms with Gasteiger partial charge < -0.3 is 19.3 Å². The standard InChI is InChI=1S/C27H31N3O4/c1-34-27(33)29-15-14-18-12-13-22-25(21(18)17-29)28-26(20-10-6-3-7-11-20)30(22)23(16-24(31)32)19-8-4-2-5-9-19/h2,4-5,8-9,12-13,20,23H,3,6-7,10-11,14-17H2,1H3,(H,31,32)/t23-/m1/s1. The van der Waals surface area contributed by atoms with Gasteiger partial charge in [-0.25, -0.2) is 9.78 Å². The summed E-state index contributed by atoms with van der Waals surface area (Å²) in [7, 11) is 1.41. The number of nitrogens with zero attached hydrogens (tertiary/aromatic N) is 3. The molecule has 0 spiro atoms. The van der Waals surface area contributed by atoms with Crippen molar-refractivity contribution in [2.24, 2.45) is 0 Å². The van der Waals surface area contributed by atoms with Crippen molar-refractivity contribution >= 4 is 23.1 Å². The molecule has 0 saturated heterocycles. The Morgan fingerprint density at radius 2 is 1.88 bits per heavy atom. The van der Waals surface area contributed by atoms with Crippen LogP contribution >= 0.6 is 0 Å². The van der Waals surface area contributed by atoms with Crippen molar-refractivity contribution in [2.75, 3.05) is 13.7 Å². The number of methoxy groups -OCH3 is 1. The molecule has 5 rings (SSSR count). The normalized spacial score (nSPS) is 17.4. The zero-order valence-corrected chi connectivity index (χ0v) is 19.6. The number of carboxylic acids is 1. The number of benzene rings is 2. The smallest absolute Gasteiger partial charge is 0.409 e. The van der Waals surface area contributed by atoms with E-state index in [1.807, 2.05) is 30.3 Å². The minimum absolute atomic E-state index is 0.0133. The molecule has 7 nitrogen and oxygen atoms in total. The lowest BCUT2D eigenvalue weighted by atomic mass is 9.88. The van der Waals surface area contributed by atoms with E-state index in [1.165, 1.54) is 19.1 Å². The Labute approximate surface area is 199 Å².